The quantitative estimate of drug-likeness (QED) is 0.603. The maximum absolute atomic E-state index is 11.9. The standard InChI is InChI=1S/C12H15N3O4/c16-12(14-8-9-7-13-5-6-19-9)10-3-1-2-4-11(10)15(17)18/h1-4,9,13H,5-8H2,(H,14,16). The highest BCUT2D eigenvalue weighted by Crippen LogP contribution is 2.17. The van der Waals surface area contributed by atoms with Crippen LogP contribution < -0.4 is 10.6 Å². The summed E-state index contributed by atoms with van der Waals surface area (Å²) in [6, 6.07) is 5.88. The average molecular weight is 265 g/mol. The Morgan fingerprint density at radius 2 is 2.32 bits per heavy atom. The van der Waals surface area contributed by atoms with E-state index in [1.165, 1.54) is 18.2 Å². The fourth-order valence-electron chi connectivity index (χ4n) is 1.88. The minimum absolute atomic E-state index is 0.0660. The van der Waals surface area contributed by atoms with Gasteiger partial charge in [-0.15, -0.1) is 0 Å². The van der Waals surface area contributed by atoms with Crippen molar-refractivity contribution >= 4 is 11.6 Å². The van der Waals surface area contributed by atoms with Crippen molar-refractivity contribution < 1.29 is 14.5 Å². The molecule has 2 N–H and O–H groups in total. The molecular weight excluding hydrogens is 250 g/mol. The van der Waals surface area contributed by atoms with Crippen LogP contribution in [0.15, 0.2) is 24.3 Å². The van der Waals surface area contributed by atoms with Crippen molar-refractivity contribution in [3.05, 3.63) is 39.9 Å². The van der Waals surface area contributed by atoms with E-state index in [-0.39, 0.29) is 17.4 Å². The number of nitrogens with one attached hydrogen (secondary N) is 2. The summed E-state index contributed by atoms with van der Waals surface area (Å²) in [5, 5.41) is 16.6. The highest BCUT2D eigenvalue weighted by molar-refractivity contribution is 5.98. The monoisotopic (exact) mass is 265 g/mol. The van der Waals surface area contributed by atoms with Crippen LogP contribution in [-0.2, 0) is 4.74 Å². The van der Waals surface area contributed by atoms with Crippen LogP contribution in [0.3, 0.4) is 0 Å². The summed E-state index contributed by atoms with van der Waals surface area (Å²) < 4.78 is 5.43. The van der Waals surface area contributed by atoms with Gasteiger partial charge in [0.05, 0.1) is 17.6 Å². The Labute approximate surface area is 110 Å². The molecular formula is C12H15N3O4. The number of para-hydroxylation sites is 1. The van der Waals surface area contributed by atoms with E-state index in [1.54, 1.807) is 6.07 Å². The average Bonchev–Trinajstić information content (AvgIpc) is 2.46. The van der Waals surface area contributed by atoms with Gasteiger partial charge in [0.1, 0.15) is 5.56 Å². The summed E-state index contributed by atoms with van der Waals surface area (Å²) in [4.78, 5) is 22.2. The Morgan fingerprint density at radius 3 is 3.00 bits per heavy atom. The van der Waals surface area contributed by atoms with E-state index in [0.29, 0.717) is 19.7 Å². The van der Waals surface area contributed by atoms with Crippen molar-refractivity contribution in [2.45, 2.75) is 6.10 Å². The number of carbonyl (C=O) groups is 1. The van der Waals surface area contributed by atoms with Crippen LogP contribution in [0.4, 0.5) is 5.69 Å². The van der Waals surface area contributed by atoms with Crippen molar-refractivity contribution in [3.8, 4) is 0 Å². The van der Waals surface area contributed by atoms with Crippen LogP contribution >= 0.6 is 0 Å². The van der Waals surface area contributed by atoms with Gasteiger partial charge < -0.3 is 15.4 Å². The van der Waals surface area contributed by atoms with Crippen LogP contribution in [-0.4, -0.2) is 43.2 Å². The first kappa shape index (κ1) is 13.4. The largest absolute Gasteiger partial charge is 0.374 e. The molecule has 0 aromatic heterocycles. The maximum atomic E-state index is 11.9. The Kier molecular flexibility index (Phi) is 4.43. The third kappa shape index (κ3) is 3.49. The molecule has 0 bridgehead atoms. The minimum Gasteiger partial charge on any atom is -0.374 e. The molecule has 1 unspecified atom stereocenters. The second-order valence-electron chi connectivity index (χ2n) is 4.18. The molecule has 0 radical (unpaired) electrons. The molecule has 1 atom stereocenters. The van der Waals surface area contributed by atoms with Crippen LogP contribution in [0, 0.1) is 10.1 Å². The van der Waals surface area contributed by atoms with Crippen molar-refractivity contribution in [1.29, 1.82) is 0 Å². The van der Waals surface area contributed by atoms with E-state index in [2.05, 4.69) is 10.6 Å². The highest BCUT2D eigenvalue weighted by Gasteiger charge is 2.20. The first-order valence-electron chi connectivity index (χ1n) is 6.02. The highest BCUT2D eigenvalue weighted by atomic mass is 16.6. The molecule has 7 nitrogen and oxygen atoms in total. The van der Waals surface area contributed by atoms with Crippen LogP contribution in [0.1, 0.15) is 10.4 Å². The van der Waals surface area contributed by atoms with Crippen molar-refractivity contribution in [3.63, 3.8) is 0 Å². The van der Waals surface area contributed by atoms with E-state index in [0.717, 1.165) is 6.54 Å². The molecule has 0 spiro atoms. The number of hydrogen-bond donors (Lipinski definition) is 2. The summed E-state index contributed by atoms with van der Waals surface area (Å²) in [6.07, 6.45) is -0.0968. The number of nitro groups is 1. The number of hydrogen-bond acceptors (Lipinski definition) is 5. The molecule has 1 aromatic carbocycles. The first-order chi connectivity index (χ1) is 9.18. The van der Waals surface area contributed by atoms with Crippen molar-refractivity contribution in [2.24, 2.45) is 0 Å². The third-order valence-electron chi connectivity index (χ3n) is 2.84. The topological polar surface area (TPSA) is 93.5 Å². The molecule has 1 aromatic rings. The number of morpholine rings is 1. The van der Waals surface area contributed by atoms with Gasteiger partial charge in [0, 0.05) is 25.7 Å². The van der Waals surface area contributed by atoms with E-state index < -0.39 is 10.8 Å². The molecule has 1 amide bonds. The summed E-state index contributed by atoms with van der Waals surface area (Å²) in [7, 11) is 0. The SMILES string of the molecule is O=C(NCC1CNCCO1)c1ccccc1[N+](=O)[O-]. The number of nitro benzene ring substituents is 1. The Morgan fingerprint density at radius 1 is 1.53 bits per heavy atom. The maximum Gasteiger partial charge on any atom is 0.282 e. The van der Waals surface area contributed by atoms with E-state index in [9.17, 15) is 14.9 Å². The zero-order chi connectivity index (χ0) is 13.7. The van der Waals surface area contributed by atoms with Crippen molar-refractivity contribution in [1.82, 2.24) is 10.6 Å². The van der Waals surface area contributed by atoms with Gasteiger partial charge in [0.2, 0.25) is 0 Å². The Bertz CT molecular complexity index is 472. The summed E-state index contributed by atoms with van der Waals surface area (Å²) in [6.45, 7) is 2.40. The predicted octanol–water partition coefficient (Wildman–Crippen LogP) is 0.313. The molecule has 2 rings (SSSR count). The minimum atomic E-state index is -0.562. The zero-order valence-corrected chi connectivity index (χ0v) is 10.3. The normalized spacial score (nSPS) is 18.8. The van der Waals surface area contributed by atoms with Crippen LogP contribution in [0.5, 0.6) is 0 Å². The molecule has 19 heavy (non-hydrogen) atoms. The number of ether oxygens (including phenoxy) is 1. The summed E-state index contributed by atoms with van der Waals surface area (Å²) in [5.74, 6) is -0.457. The Hall–Kier alpha value is -1.99. The molecule has 1 heterocycles. The van der Waals surface area contributed by atoms with Gasteiger partial charge in [0.15, 0.2) is 0 Å². The number of carbonyl (C=O) groups excluding carboxylic acids is 1. The fraction of sp³-hybridized carbons (Fsp3) is 0.417. The van der Waals surface area contributed by atoms with E-state index in [4.69, 9.17) is 4.74 Å². The van der Waals surface area contributed by atoms with Gasteiger partial charge in [-0.1, -0.05) is 12.1 Å². The molecule has 1 fully saturated rings. The second kappa shape index (κ2) is 6.26. The van der Waals surface area contributed by atoms with Crippen LogP contribution in [0.25, 0.3) is 0 Å². The lowest BCUT2D eigenvalue weighted by Gasteiger charge is -2.23. The van der Waals surface area contributed by atoms with Gasteiger partial charge in [-0.2, -0.15) is 0 Å². The number of amides is 1. The lowest BCUT2D eigenvalue weighted by atomic mass is 10.1. The molecule has 1 aliphatic rings. The molecule has 102 valence electrons. The first-order valence-corrected chi connectivity index (χ1v) is 6.02. The van der Waals surface area contributed by atoms with Crippen molar-refractivity contribution in [2.75, 3.05) is 26.2 Å². The molecule has 0 saturated carbocycles. The lowest BCUT2D eigenvalue weighted by Crippen LogP contribution is -2.45. The van der Waals surface area contributed by atoms with Gasteiger partial charge in [-0.3, -0.25) is 14.9 Å². The lowest BCUT2D eigenvalue weighted by molar-refractivity contribution is -0.385. The third-order valence-corrected chi connectivity index (χ3v) is 2.84. The zero-order valence-electron chi connectivity index (χ0n) is 10.3. The summed E-state index contributed by atoms with van der Waals surface area (Å²) in [5.41, 5.74) is -0.126. The van der Waals surface area contributed by atoms with E-state index >= 15 is 0 Å². The smallest absolute Gasteiger partial charge is 0.282 e. The van der Waals surface area contributed by atoms with Gasteiger partial charge in [0.25, 0.3) is 11.6 Å². The van der Waals surface area contributed by atoms with Crippen LogP contribution in [0.2, 0.25) is 0 Å². The van der Waals surface area contributed by atoms with Gasteiger partial charge in [-0.05, 0) is 6.07 Å². The molecule has 7 heteroatoms. The predicted molar refractivity (Wildman–Crippen MR) is 68.0 cm³/mol. The molecule has 1 saturated heterocycles. The number of rotatable bonds is 4. The Balaban J connectivity index is 1.97. The molecule has 0 aliphatic carbocycles. The number of benzene rings is 1. The van der Waals surface area contributed by atoms with Gasteiger partial charge in [-0.25, -0.2) is 0 Å². The summed E-state index contributed by atoms with van der Waals surface area (Å²) >= 11 is 0. The van der Waals surface area contributed by atoms with Gasteiger partial charge >= 0.3 is 0 Å². The second-order valence-corrected chi connectivity index (χ2v) is 4.18. The fourth-order valence-corrected chi connectivity index (χ4v) is 1.88. The molecule has 1 aliphatic heterocycles. The van der Waals surface area contributed by atoms with E-state index in [1.807, 2.05) is 0 Å². The number of nitrogens with zero attached hydrogens (tertiary/aromatic N) is 1.